The van der Waals surface area contributed by atoms with Crippen LogP contribution >= 0.6 is 0 Å². The topological polar surface area (TPSA) is 53.1 Å². The molecule has 25 heavy (non-hydrogen) atoms. The van der Waals surface area contributed by atoms with Gasteiger partial charge in [-0.25, -0.2) is 8.42 Å². The minimum atomic E-state index is -3.43. The minimum absolute atomic E-state index is 0.424. The monoisotopic (exact) mass is 365 g/mol. The van der Waals surface area contributed by atoms with Crippen LogP contribution < -0.4 is 4.90 Å². The van der Waals surface area contributed by atoms with Crippen molar-refractivity contribution < 1.29 is 13.2 Å². The van der Waals surface area contributed by atoms with Crippen LogP contribution in [0.1, 0.15) is 18.4 Å². The lowest BCUT2D eigenvalue weighted by Crippen LogP contribution is -2.43. The smallest absolute Gasteiger partial charge is 0.243 e. The first-order chi connectivity index (χ1) is 12.1. The Morgan fingerprint density at radius 2 is 1.76 bits per heavy atom. The number of anilines is 1. The van der Waals surface area contributed by atoms with Crippen molar-refractivity contribution in [2.45, 2.75) is 30.2 Å². The molecule has 0 radical (unpaired) electrons. The summed E-state index contributed by atoms with van der Waals surface area (Å²) >= 11 is 0. The highest BCUT2D eigenvalue weighted by Gasteiger charge is 2.31. The Kier molecular flexibility index (Phi) is 4.75. The van der Waals surface area contributed by atoms with Gasteiger partial charge in [-0.15, -0.1) is 0 Å². The summed E-state index contributed by atoms with van der Waals surface area (Å²) in [6.45, 7) is 5.07. The molecule has 2 fully saturated rings. The molecule has 0 atom stereocenters. The molecule has 0 spiro atoms. The minimum Gasteiger partial charge on any atom is -0.379 e. The van der Waals surface area contributed by atoms with Crippen LogP contribution in [0.3, 0.4) is 0 Å². The van der Waals surface area contributed by atoms with E-state index in [0.717, 1.165) is 44.6 Å². The van der Waals surface area contributed by atoms with Gasteiger partial charge in [0.1, 0.15) is 0 Å². The molecule has 0 N–H and O–H groups in total. The van der Waals surface area contributed by atoms with E-state index in [9.17, 15) is 8.42 Å². The van der Waals surface area contributed by atoms with E-state index < -0.39 is 10.0 Å². The second kappa shape index (κ2) is 6.87. The molecule has 0 amide bonds. The fourth-order valence-corrected chi connectivity index (χ4v) is 5.59. The van der Waals surface area contributed by atoms with Crippen LogP contribution in [0.5, 0.6) is 0 Å². The van der Waals surface area contributed by atoms with E-state index in [2.05, 4.69) is 16.8 Å². The van der Waals surface area contributed by atoms with Crippen LogP contribution in [-0.4, -0.2) is 76.6 Å². The molecule has 138 valence electrons. The van der Waals surface area contributed by atoms with E-state index in [1.165, 1.54) is 5.56 Å². The molecular formula is C18H27N3O3S. The molecule has 0 bridgehead atoms. The van der Waals surface area contributed by atoms with E-state index in [4.69, 9.17) is 4.74 Å². The van der Waals surface area contributed by atoms with Gasteiger partial charge < -0.3 is 14.5 Å². The van der Waals surface area contributed by atoms with Crippen molar-refractivity contribution in [1.82, 2.24) is 9.21 Å². The predicted molar refractivity (Wildman–Crippen MR) is 97.6 cm³/mol. The van der Waals surface area contributed by atoms with Gasteiger partial charge in [0.05, 0.1) is 18.1 Å². The van der Waals surface area contributed by atoms with Crippen molar-refractivity contribution in [2.75, 3.05) is 57.9 Å². The number of hydrogen-bond acceptors (Lipinski definition) is 5. The third-order valence-electron chi connectivity index (χ3n) is 5.72. The normalized spacial score (nSPS) is 23.8. The van der Waals surface area contributed by atoms with E-state index in [1.54, 1.807) is 10.4 Å². The number of rotatable bonds is 3. The zero-order chi connectivity index (χ0) is 17.4. The number of nitrogens with zero attached hydrogens (tertiary/aromatic N) is 3. The number of piperidine rings is 1. The summed E-state index contributed by atoms with van der Waals surface area (Å²) in [5, 5.41) is 0. The molecule has 3 aliphatic heterocycles. The van der Waals surface area contributed by atoms with Crippen molar-refractivity contribution in [1.29, 1.82) is 0 Å². The first-order valence-electron chi connectivity index (χ1n) is 9.22. The molecule has 6 nitrogen and oxygen atoms in total. The maximum absolute atomic E-state index is 13.0. The lowest BCUT2D eigenvalue weighted by Gasteiger charge is -2.36. The van der Waals surface area contributed by atoms with Crippen molar-refractivity contribution in [3.8, 4) is 0 Å². The lowest BCUT2D eigenvalue weighted by atomic mass is 10.0. The van der Waals surface area contributed by atoms with Crippen molar-refractivity contribution in [3.05, 3.63) is 23.8 Å². The fraction of sp³-hybridized carbons (Fsp3) is 0.667. The number of hydrogen-bond donors (Lipinski definition) is 0. The molecule has 0 saturated carbocycles. The summed E-state index contributed by atoms with van der Waals surface area (Å²) in [5.74, 6) is 0. The highest BCUT2D eigenvalue weighted by molar-refractivity contribution is 7.89. The maximum Gasteiger partial charge on any atom is 0.243 e. The van der Waals surface area contributed by atoms with Crippen LogP contribution in [0.25, 0.3) is 0 Å². The molecule has 1 aromatic rings. The van der Waals surface area contributed by atoms with Gasteiger partial charge in [-0.1, -0.05) is 6.07 Å². The number of fused-ring (bicyclic) bond motifs is 1. The first-order valence-corrected chi connectivity index (χ1v) is 10.7. The molecule has 0 aromatic heterocycles. The average Bonchev–Trinajstić information content (AvgIpc) is 3.06. The van der Waals surface area contributed by atoms with Gasteiger partial charge in [0, 0.05) is 31.4 Å². The Bertz CT molecular complexity index is 723. The largest absolute Gasteiger partial charge is 0.379 e. The van der Waals surface area contributed by atoms with E-state index in [-0.39, 0.29) is 0 Å². The fourth-order valence-electron chi connectivity index (χ4n) is 4.17. The zero-order valence-electron chi connectivity index (χ0n) is 14.9. The molecule has 1 aromatic carbocycles. The Morgan fingerprint density at radius 3 is 2.48 bits per heavy atom. The Balaban J connectivity index is 1.60. The van der Waals surface area contributed by atoms with Crippen molar-refractivity contribution >= 4 is 15.7 Å². The molecule has 0 unspecified atom stereocenters. The predicted octanol–water partition coefficient (Wildman–Crippen LogP) is 1.16. The summed E-state index contributed by atoms with van der Waals surface area (Å²) < 4.78 is 32.8. The summed E-state index contributed by atoms with van der Waals surface area (Å²) in [4.78, 5) is 5.24. The van der Waals surface area contributed by atoms with Crippen LogP contribution in [0, 0.1) is 0 Å². The van der Waals surface area contributed by atoms with Crippen LogP contribution in [0.15, 0.2) is 23.1 Å². The van der Waals surface area contributed by atoms with E-state index in [0.29, 0.717) is 37.2 Å². The second-order valence-electron chi connectivity index (χ2n) is 7.28. The molecule has 0 aliphatic carbocycles. The SMILES string of the molecule is CN1CCC(N2CCc3ccc(S(=O)(=O)N4CCOCC4)cc32)CC1. The van der Waals surface area contributed by atoms with Gasteiger partial charge in [-0.2, -0.15) is 4.31 Å². The lowest BCUT2D eigenvalue weighted by molar-refractivity contribution is 0.0730. The molecule has 4 rings (SSSR count). The highest BCUT2D eigenvalue weighted by Crippen LogP contribution is 2.35. The van der Waals surface area contributed by atoms with Gasteiger partial charge in [0.2, 0.25) is 10.0 Å². The molecule has 3 heterocycles. The zero-order valence-corrected chi connectivity index (χ0v) is 15.7. The van der Waals surface area contributed by atoms with Gasteiger partial charge in [-0.05, 0) is 57.1 Å². The third-order valence-corrected chi connectivity index (χ3v) is 7.62. The quantitative estimate of drug-likeness (QED) is 0.805. The molecular weight excluding hydrogens is 338 g/mol. The van der Waals surface area contributed by atoms with E-state index in [1.807, 2.05) is 12.1 Å². The number of likely N-dealkylation sites (tertiary alicyclic amines) is 1. The summed E-state index contributed by atoms with van der Waals surface area (Å²) in [7, 11) is -1.26. The van der Waals surface area contributed by atoms with Crippen molar-refractivity contribution in [2.24, 2.45) is 0 Å². The summed E-state index contributed by atoms with van der Waals surface area (Å²) in [5.41, 5.74) is 2.41. The molecule has 2 saturated heterocycles. The third kappa shape index (κ3) is 3.30. The standard InChI is InChI=1S/C18H27N3O3S/c1-19-7-5-16(6-8-19)21-9-4-15-2-3-17(14-18(15)21)25(22,23)20-10-12-24-13-11-20/h2-3,14,16H,4-13H2,1H3. The molecule has 7 heteroatoms. The van der Waals surface area contributed by atoms with Gasteiger partial charge in [-0.3, -0.25) is 0 Å². The Labute approximate surface area is 150 Å². The van der Waals surface area contributed by atoms with Gasteiger partial charge >= 0.3 is 0 Å². The number of benzene rings is 1. The molecule has 3 aliphatic rings. The van der Waals surface area contributed by atoms with Gasteiger partial charge in [0.25, 0.3) is 0 Å². The summed E-state index contributed by atoms with van der Waals surface area (Å²) in [6.07, 6.45) is 3.31. The van der Waals surface area contributed by atoms with Crippen LogP contribution in [0.4, 0.5) is 5.69 Å². The first kappa shape index (κ1) is 17.3. The summed E-state index contributed by atoms with van der Waals surface area (Å²) in [6, 6.07) is 6.23. The number of ether oxygens (including phenoxy) is 1. The maximum atomic E-state index is 13.0. The Morgan fingerprint density at radius 1 is 1.04 bits per heavy atom. The Hall–Kier alpha value is -1.15. The number of morpholine rings is 1. The van der Waals surface area contributed by atoms with E-state index >= 15 is 0 Å². The average molecular weight is 365 g/mol. The number of sulfonamides is 1. The van der Waals surface area contributed by atoms with Crippen molar-refractivity contribution in [3.63, 3.8) is 0 Å². The van der Waals surface area contributed by atoms with Crippen LogP contribution in [-0.2, 0) is 21.2 Å². The second-order valence-corrected chi connectivity index (χ2v) is 9.22. The van der Waals surface area contributed by atoms with Gasteiger partial charge in [0.15, 0.2) is 0 Å². The highest BCUT2D eigenvalue weighted by atomic mass is 32.2. The van der Waals surface area contributed by atoms with Crippen LogP contribution in [0.2, 0.25) is 0 Å².